The Morgan fingerprint density at radius 3 is 1.28 bits per heavy atom. The summed E-state index contributed by atoms with van der Waals surface area (Å²) >= 11 is 9.12. The lowest BCUT2D eigenvalue weighted by atomic mass is 10.0. The van der Waals surface area contributed by atoms with Gasteiger partial charge in [0.15, 0.2) is 0 Å². The summed E-state index contributed by atoms with van der Waals surface area (Å²) in [5.41, 5.74) is 41.6. The SMILES string of the molecule is CCc1cc(Br)ccc1N.CCc1cc(C(F)(F)F)ccc1N.CCc1cc(Cl)ccc1N.CCc1cc(F)ccc1N.CCc1cc([N+](=O)[O-])ccc1N.Cc1cc(C(F)(F)F)cc(C)c1N. The largest absolute Gasteiger partial charge is 0.416 e. The minimum atomic E-state index is -4.29. The molecule has 0 aromatic heterocycles. The molecule has 6 rings (SSSR count). The zero-order valence-electron chi connectivity index (χ0n) is 39.0. The number of rotatable bonds is 6. The Kier molecular flexibility index (Phi) is 24.8. The normalized spacial score (nSPS) is 10.5. The minimum absolute atomic E-state index is 0.0982. The van der Waals surface area contributed by atoms with Crippen molar-refractivity contribution in [3.63, 3.8) is 0 Å². The molecule has 0 amide bonds. The summed E-state index contributed by atoms with van der Waals surface area (Å²) in [4.78, 5) is 9.93. The molecule has 370 valence electrons. The lowest BCUT2D eigenvalue weighted by molar-refractivity contribution is -0.384. The summed E-state index contributed by atoms with van der Waals surface area (Å²) in [5, 5.41) is 11.1. The molecule has 0 atom stereocenters. The second kappa shape index (κ2) is 28.2. The van der Waals surface area contributed by atoms with Gasteiger partial charge in [0.2, 0.25) is 0 Å². The molecule has 9 nitrogen and oxygen atoms in total. The van der Waals surface area contributed by atoms with Gasteiger partial charge in [-0.3, -0.25) is 10.1 Å². The van der Waals surface area contributed by atoms with E-state index < -0.39 is 28.4 Å². The Balaban J connectivity index is 0.000000409. The van der Waals surface area contributed by atoms with E-state index in [4.69, 9.17) is 46.0 Å². The van der Waals surface area contributed by atoms with Crippen LogP contribution in [0.5, 0.6) is 0 Å². The van der Waals surface area contributed by atoms with E-state index in [1.54, 1.807) is 39.0 Å². The van der Waals surface area contributed by atoms with Gasteiger partial charge >= 0.3 is 12.4 Å². The van der Waals surface area contributed by atoms with E-state index in [2.05, 4.69) is 35.8 Å². The fraction of sp³-hybridized carbons (Fsp3) is 0.280. The number of hydrogen-bond acceptors (Lipinski definition) is 8. The minimum Gasteiger partial charge on any atom is -0.399 e. The second-order valence-corrected chi connectivity index (χ2v) is 16.2. The van der Waals surface area contributed by atoms with Gasteiger partial charge in [0.05, 0.1) is 16.1 Å². The zero-order valence-corrected chi connectivity index (χ0v) is 41.3. The molecule has 0 spiro atoms. The number of nitrogens with two attached hydrogens (primary N) is 6. The average molecular weight is 1040 g/mol. The number of nitrogens with zero attached hydrogens (tertiary/aromatic N) is 1. The third-order valence-electron chi connectivity index (χ3n) is 9.95. The van der Waals surface area contributed by atoms with Crippen molar-refractivity contribution in [1.82, 2.24) is 0 Å². The van der Waals surface area contributed by atoms with Crippen LogP contribution >= 0.6 is 27.5 Å². The lowest BCUT2D eigenvalue weighted by Crippen LogP contribution is -2.07. The quantitative estimate of drug-likeness (QED) is 0.0410. The van der Waals surface area contributed by atoms with Crippen molar-refractivity contribution in [3.8, 4) is 0 Å². The maximum absolute atomic E-state index is 12.5. The first-order valence-electron chi connectivity index (χ1n) is 21.2. The third-order valence-corrected chi connectivity index (χ3v) is 10.7. The number of hydrogen-bond donors (Lipinski definition) is 6. The molecule has 0 saturated carbocycles. The summed E-state index contributed by atoms with van der Waals surface area (Å²) < 4.78 is 86.9. The van der Waals surface area contributed by atoms with Gasteiger partial charge in [-0.25, -0.2) is 4.39 Å². The monoisotopic (exact) mass is 1040 g/mol. The zero-order chi connectivity index (χ0) is 52.1. The highest BCUT2D eigenvalue weighted by Crippen LogP contribution is 2.33. The van der Waals surface area contributed by atoms with E-state index in [1.165, 1.54) is 35.9 Å². The molecule has 0 radical (unpaired) electrons. The van der Waals surface area contributed by atoms with Crippen molar-refractivity contribution < 1.29 is 35.7 Å². The van der Waals surface area contributed by atoms with Crippen LogP contribution < -0.4 is 34.4 Å². The first kappa shape index (κ1) is 59.8. The van der Waals surface area contributed by atoms with Crippen molar-refractivity contribution in [2.45, 2.75) is 92.9 Å². The summed E-state index contributed by atoms with van der Waals surface area (Å²) in [6, 6.07) is 25.9. The highest BCUT2D eigenvalue weighted by atomic mass is 79.9. The number of nitrogen functional groups attached to an aromatic ring is 6. The Bertz CT molecular complexity index is 2410. The number of nitro benzene ring substituents is 1. The fourth-order valence-electron chi connectivity index (χ4n) is 5.88. The fourth-order valence-corrected chi connectivity index (χ4v) is 6.48. The summed E-state index contributed by atoms with van der Waals surface area (Å²) in [6.07, 6.45) is -4.63. The molecule has 0 bridgehead atoms. The van der Waals surface area contributed by atoms with Crippen LogP contribution in [0.15, 0.2) is 108 Å². The van der Waals surface area contributed by atoms with Crippen LogP contribution in [0, 0.1) is 29.8 Å². The molecule has 12 N–H and O–H groups in total. The molecule has 18 heteroatoms. The van der Waals surface area contributed by atoms with Gasteiger partial charge in [0, 0.05) is 55.8 Å². The van der Waals surface area contributed by atoms with Crippen molar-refractivity contribution >= 4 is 67.3 Å². The number of non-ortho nitro benzene ring substituents is 1. The molecule has 6 aromatic rings. The number of nitro groups is 1. The molecule has 0 unspecified atom stereocenters. The van der Waals surface area contributed by atoms with Crippen LogP contribution in [0.2, 0.25) is 5.02 Å². The molecule has 0 aliphatic heterocycles. The van der Waals surface area contributed by atoms with Crippen LogP contribution in [-0.2, 0) is 44.5 Å². The Hall–Kier alpha value is -6.20. The van der Waals surface area contributed by atoms with Crippen molar-refractivity contribution in [1.29, 1.82) is 0 Å². The second-order valence-electron chi connectivity index (χ2n) is 14.9. The topological polar surface area (TPSA) is 199 Å². The van der Waals surface area contributed by atoms with E-state index >= 15 is 0 Å². The highest BCUT2D eigenvalue weighted by Gasteiger charge is 2.31. The molecule has 0 aliphatic rings. The number of aryl methyl sites for hydroxylation is 7. The van der Waals surface area contributed by atoms with Gasteiger partial charge in [-0.05, 0) is 176 Å². The molecule has 0 fully saturated rings. The number of benzene rings is 6. The van der Waals surface area contributed by atoms with Crippen LogP contribution in [-0.4, -0.2) is 4.92 Å². The van der Waals surface area contributed by atoms with Crippen LogP contribution in [0.1, 0.15) is 84.7 Å². The van der Waals surface area contributed by atoms with Gasteiger partial charge < -0.3 is 34.4 Å². The lowest BCUT2D eigenvalue weighted by Gasteiger charge is -2.11. The molecule has 68 heavy (non-hydrogen) atoms. The molecule has 6 aromatic carbocycles. The standard InChI is InChI=1S/2C9H10F3N.C8H10BrN.C8H10ClN.C8H10FN.C8H10N2O2/c1-5-3-7(9(10,11)12)4-6(2)8(5)13;1-2-6-5-7(9(10,11)12)3-4-8(6)13;3*1-2-6-5-7(9)3-4-8(6)10;1-2-6-5-7(10(11)12)3-4-8(6)9/h3-4H,13H2,1-2H3;3-5H,2,13H2,1H3;3*3-5H,2,10H2,1H3;3-5H,2,9H2,1H3. The number of halogens is 9. The molecule has 0 heterocycles. The van der Waals surface area contributed by atoms with E-state index in [9.17, 15) is 40.8 Å². The van der Waals surface area contributed by atoms with Gasteiger partial charge in [0.1, 0.15) is 5.82 Å². The van der Waals surface area contributed by atoms with Crippen LogP contribution in [0.25, 0.3) is 0 Å². The summed E-state index contributed by atoms with van der Waals surface area (Å²) in [6.45, 7) is 12.9. The molecule has 0 aliphatic carbocycles. The molecular weight excluding hydrogens is 979 g/mol. The first-order chi connectivity index (χ1) is 31.6. The number of anilines is 6. The van der Waals surface area contributed by atoms with Crippen molar-refractivity contribution in [2.75, 3.05) is 34.4 Å². The van der Waals surface area contributed by atoms with Crippen molar-refractivity contribution in [3.05, 3.63) is 179 Å². The average Bonchev–Trinajstić information content (AvgIpc) is 3.28. The van der Waals surface area contributed by atoms with Gasteiger partial charge in [-0.15, -0.1) is 0 Å². The van der Waals surface area contributed by atoms with E-state index in [-0.39, 0.29) is 11.5 Å². The summed E-state index contributed by atoms with van der Waals surface area (Å²) in [7, 11) is 0. The third kappa shape index (κ3) is 20.3. The number of alkyl halides is 6. The Labute approximate surface area is 407 Å². The van der Waals surface area contributed by atoms with Crippen molar-refractivity contribution in [2.24, 2.45) is 0 Å². The molecule has 0 saturated heterocycles. The first-order valence-corrected chi connectivity index (χ1v) is 22.3. The van der Waals surface area contributed by atoms with E-state index in [1.807, 2.05) is 38.1 Å². The Morgan fingerprint density at radius 1 is 0.515 bits per heavy atom. The maximum atomic E-state index is 12.5. The van der Waals surface area contributed by atoms with Gasteiger partial charge in [-0.1, -0.05) is 62.1 Å². The van der Waals surface area contributed by atoms with E-state index in [0.717, 1.165) is 81.1 Å². The van der Waals surface area contributed by atoms with Gasteiger partial charge in [-0.2, -0.15) is 26.3 Å². The van der Waals surface area contributed by atoms with Gasteiger partial charge in [0.25, 0.3) is 5.69 Å². The van der Waals surface area contributed by atoms with E-state index in [0.29, 0.717) is 52.3 Å². The predicted octanol–water partition coefficient (Wildman–Crippen LogP) is 14.5. The van der Waals surface area contributed by atoms with Crippen LogP contribution in [0.3, 0.4) is 0 Å². The predicted molar refractivity (Wildman–Crippen MR) is 271 cm³/mol. The smallest absolute Gasteiger partial charge is 0.399 e. The maximum Gasteiger partial charge on any atom is 0.416 e. The highest BCUT2D eigenvalue weighted by molar-refractivity contribution is 9.10. The summed E-state index contributed by atoms with van der Waals surface area (Å²) in [5.74, 6) is -0.217. The molecular formula is C50H60BrClF7N7O2. The Morgan fingerprint density at radius 2 is 0.882 bits per heavy atom. The van der Waals surface area contributed by atoms with Crippen LogP contribution in [0.4, 0.5) is 70.5 Å².